The molecule has 0 aliphatic rings. The van der Waals surface area contributed by atoms with E-state index in [4.69, 9.17) is 23.2 Å². The van der Waals surface area contributed by atoms with Gasteiger partial charge >= 0.3 is 0 Å². The molecule has 2 atom stereocenters. The van der Waals surface area contributed by atoms with Gasteiger partial charge in [0.05, 0.1) is 22.0 Å². The van der Waals surface area contributed by atoms with E-state index in [9.17, 15) is 18.0 Å². The molecule has 0 heterocycles. The summed E-state index contributed by atoms with van der Waals surface area (Å²) in [5.74, 6) is -0.804. The van der Waals surface area contributed by atoms with Gasteiger partial charge in [0.25, 0.3) is 0 Å². The quantitative estimate of drug-likeness (QED) is 0.343. The number of sulfonamides is 1. The standard InChI is InChI=1S/C24H30Cl2IN3O4S/c1-5-16(3)28-24(32)22(6-2)29(14-17-7-12-20(25)21(26)13-17)23(31)15-30(35(4,33)34)19-10-8-18(27)9-11-19/h7-13,16,22H,5-6,14-15H2,1-4H3,(H,28,32). The molecule has 2 aromatic rings. The average Bonchev–Trinajstić information content (AvgIpc) is 2.79. The minimum atomic E-state index is -3.78. The molecule has 1 N–H and O–H groups in total. The van der Waals surface area contributed by atoms with E-state index in [1.54, 1.807) is 42.5 Å². The van der Waals surface area contributed by atoms with Crippen LogP contribution in [-0.4, -0.2) is 50.0 Å². The third-order valence-corrected chi connectivity index (χ3v) is 8.12. The third kappa shape index (κ3) is 8.51. The molecule has 0 fully saturated rings. The highest BCUT2D eigenvalue weighted by molar-refractivity contribution is 14.1. The van der Waals surface area contributed by atoms with Gasteiger partial charge in [-0.15, -0.1) is 0 Å². The predicted octanol–water partition coefficient (Wildman–Crippen LogP) is 5.09. The molecule has 2 aromatic carbocycles. The first-order chi connectivity index (χ1) is 16.4. The average molecular weight is 654 g/mol. The molecule has 192 valence electrons. The van der Waals surface area contributed by atoms with Crippen LogP contribution in [0, 0.1) is 3.57 Å². The summed E-state index contributed by atoms with van der Waals surface area (Å²) in [5, 5.41) is 3.63. The number of hydrogen-bond acceptors (Lipinski definition) is 4. The van der Waals surface area contributed by atoms with Gasteiger partial charge in [-0.05, 0) is 84.3 Å². The summed E-state index contributed by atoms with van der Waals surface area (Å²) in [5.41, 5.74) is 1.04. The van der Waals surface area contributed by atoms with E-state index >= 15 is 0 Å². The summed E-state index contributed by atoms with van der Waals surface area (Å²) in [6.07, 6.45) is 2.13. The summed E-state index contributed by atoms with van der Waals surface area (Å²) < 4.78 is 27.2. The molecule has 35 heavy (non-hydrogen) atoms. The minimum Gasteiger partial charge on any atom is -0.352 e. The minimum absolute atomic E-state index is 0.0619. The maximum atomic E-state index is 13.6. The zero-order valence-electron chi connectivity index (χ0n) is 20.1. The van der Waals surface area contributed by atoms with E-state index in [1.807, 2.05) is 20.8 Å². The van der Waals surface area contributed by atoms with Crippen molar-refractivity contribution in [3.05, 3.63) is 61.6 Å². The molecule has 0 radical (unpaired) electrons. The summed E-state index contributed by atoms with van der Waals surface area (Å²) in [6.45, 7) is 5.26. The fraction of sp³-hybridized carbons (Fsp3) is 0.417. The first-order valence-corrected chi connectivity index (χ1v) is 14.8. The van der Waals surface area contributed by atoms with Gasteiger partial charge in [0, 0.05) is 16.2 Å². The van der Waals surface area contributed by atoms with Gasteiger partial charge in [-0.1, -0.05) is 43.1 Å². The molecule has 0 aliphatic carbocycles. The van der Waals surface area contributed by atoms with Crippen molar-refractivity contribution in [2.75, 3.05) is 17.1 Å². The first-order valence-electron chi connectivity index (χ1n) is 11.1. The lowest BCUT2D eigenvalue weighted by Gasteiger charge is -2.33. The van der Waals surface area contributed by atoms with Crippen molar-refractivity contribution >= 4 is 73.3 Å². The van der Waals surface area contributed by atoms with Gasteiger partial charge < -0.3 is 10.2 Å². The Morgan fingerprint density at radius 1 is 1.03 bits per heavy atom. The van der Waals surface area contributed by atoms with Crippen LogP contribution in [0.25, 0.3) is 0 Å². The maximum absolute atomic E-state index is 13.6. The van der Waals surface area contributed by atoms with E-state index < -0.39 is 28.5 Å². The topological polar surface area (TPSA) is 86.8 Å². The second kappa shape index (κ2) is 13.1. The monoisotopic (exact) mass is 653 g/mol. The normalized spacial score (nSPS) is 13.1. The number of hydrogen-bond donors (Lipinski definition) is 1. The molecule has 0 aliphatic heterocycles. The van der Waals surface area contributed by atoms with Gasteiger partial charge in [-0.25, -0.2) is 8.42 Å². The van der Waals surface area contributed by atoms with Crippen molar-refractivity contribution in [2.24, 2.45) is 0 Å². The second-order valence-corrected chi connectivity index (χ2v) is 12.2. The number of benzene rings is 2. The Kier molecular flexibility index (Phi) is 11.1. The number of rotatable bonds is 11. The lowest BCUT2D eigenvalue weighted by Crippen LogP contribution is -2.53. The van der Waals surface area contributed by atoms with Crippen LogP contribution in [0.5, 0.6) is 0 Å². The predicted molar refractivity (Wildman–Crippen MR) is 150 cm³/mol. The molecule has 2 rings (SSSR count). The van der Waals surface area contributed by atoms with Crippen LogP contribution in [0.4, 0.5) is 5.69 Å². The smallest absolute Gasteiger partial charge is 0.244 e. The maximum Gasteiger partial charge on any atom is 0.244 e. The van der Waals surface area contributed by atoms with E-state index in [0.29, 0.717) is 27.7 Å². The summed E-state index contributed by atoms with van der Waals surface area (Å²) in [4.78, 5) is 28.1. The Morgan fingerprint density at radius 2 is 1.66 bits per heavy atom. The van der Waals surface area contributed by atoms with Gasteiger partial charge in [-0.3, -0.25) is 13.9 Å². The first kappa shape index (κ1) is 29.7. The van der Waals surface area contributed by atoms with Crippen molar-refractivity contribution < 1.29 is 18.0 Å². The fourth-order valence-electron chi connectivity index (χ4n) is 3.42. The largest absolute Gasteiger partial charge is 0.352 e. The molecule has 0 saturated carbocycles. The Hall–Kier alpha value is -1.56. The Balaban J connectivity index is 2.45. The SMILES string of the molecule is CCC(C)NC(=O)C(CC)N(Cc1ccc(Cl)c(Cl)c1)C(=O)CN(c1ccc(I)cc1)S(C)(=O)=O. The number of carbonyl (C=O) groups is 2. The van der Waals surface area contributed by atoms with Crippen molar-refractivity contribution in [3.63, 3.8) is 0 Å². The zero-order valence-corrected chi connectivity index (χ0v) is 24.6. The highest BCUT2D eigenvalue weighted by Gasteiger charge is 2.32. The molecular weight excluding hydrogens is 624 g/mol. The van der Waals surface area contributed by atoms with Crippen LogP contribution >= 0.6 is 45.8 Å². The van der Waals surface area contributed by atoms with Gasteiger partial charge in [0.1, 0.15) is 12.6 Å². The molecule has 0 aromatic heterocycles. The Morgan fingerprint density at radius 3 is 2.17 bits per heavy atom. The molecule has 2 amide bonds. The number of halogens is 3. The number of anilines is 1. The number of amides is 2. The lowest BCUT2D eigenvalue weighted by atomic mass is 10.1. The molecule has 0 saturated heterocycles. The van der Waals surface area contributed by atoms with Crippen molar-refractivity contribution in [1.29, 1.82) is 0 Å². The van der Waals surface area contributed by atoms with Crippen LogP contribution in [0.15, 0.2) is 42.5 Å². The van der Waals surface area contributed by atoms with Gasteiger partial charge in [0.2, 0.25) is 21.8 Å². The highest BCUT2D eigenvalue weighted by atomic mass is 127. The van der Waals surface area contributed by atoms with Crippen LogP contribution < -0.4 is 9.62 Å². The summed E-state index contributed by atoms with van der Waals surface area (Å²) >= 11 is 14.3. The third-order valence-electron chi connectivity index (χ3n) is 5.52. The van der Waals surface area contributed by atoms with Crippen LogP contribution in [0.3, 0.4) is 0 Å². The number of carbonyl (C=O) groups excluding carboxylic acids is 2. The summed E-state index contributed by atoms with van der Waals surface area (Å²) in [6, 6.07) is 10.9. The van der Waals surface area contributed by atoms with Crippen molar-refractivity contribution in [1.82, 2.24) is 10.2 Å². The van der Waals surface area contributed by atoms with E-state index in [1.165, 1.54) is 4.90 Å². The number of nitrogens with zero attached hydrogens (tertiary/aromatic N) is 2. The molecule has 11 heteroatoms. The highest BCUT2D eigenvalue weighted by Crippen LogP contribution is 2.25. The van der Waals surface area contributed by atoms with Crippen LogP contribution in [-0.2, 0) is 26.2 Å². The zero-order chi connectivity index (χ0) is 26.3. The fourth-order valence-corrected chi connectivity index (χ4v) is 4.95. The lowest BCUT2D eigenvalue weighted by molar-refractivity contribution is -0.140. The number of nitrogens with one attached hydrogen (secondary N) is 1. The Bertz CT molecular complexity index is 1150. The second-order valence-electron chi connectivity index (χ2n) is 8.26. The molecule has 0 bridgehead atoms. The molecule has 0 spiro atoms. The van der Waals surface area contributed by atoms with Crippen LogP contribution in [0.2, 0.25) is 10.0 Å². The molecule has 2 unspecified atom stereocenters. The van der Waals surface area contributed by atoms with E-state index in [-0.39, 0.29) is 18.5 Å². The van der Waals surface area contributed by atoms with Crippen LogP contribution in [0.1, 0.15) is 39.2 Å². The van der Waals surface area contributed by atoms with Crippen molar-refractivity contribution in [2.45, 2.75) is 52.2 Å². The summed E-state index contributed by atoms with van der Waals surface area (Å²) in [7, 11) is -3.78. The van der Waals surface area contributed by atoms with E-state index in [0.717, 1.165) is 20.6 Å². The van der Waals surface area contributed by atoms with E-state index in [2.05, 4.69) is 27.9 Å². The van der Waals surface area contributed by atoms with Gasteiger partial charge in [0.15, 0.2) is 0 Å². The van der Waals surface area contributed by atoms with Gasteiger partial charge in [-0.2, -0.15) is 0 Å². The van der Waals surface area contributed by atoms with Crippen molar-refractivity contribution in [3.8, 4) is 0 Å². The Labute approximate surface area is 231 Å². The molecular formula is C24H30Cl2IN3O4S. The molecule has 7 nitrogen and oxygen atoms in total.